The van der Waals surface area contributed by atoms with Gasteiger partial charge in [0.1, 0.15) is 10.6 Å². The molecule has 1 fully saturated rings. The molecule has 2 heterocycles. The Bertz CT molecular complexity index is 558. The molecule has 0 aromatic heterocycles. The molecule has 0 spiro atoms. The molecule has 0 aromatic carbocycles. The number of rotatable bonds is 4. The summed E-state index contributed by atoms with van der Waals surface area (Å²) in [6.45, 7) is 7.09. The first-order valence-electron chi connectivity index (χ1n) is 7.11. The normalized spacial score (nSPS) is 19.4. The largest absolute Gasteiger partial charge is 0.482 e. The van der Waals surface area contributed by atoms with E-state index in [-0.39, 0.29) is 22.5 Å². The van der Waals surface area contributed by atoms with Crippen LogP contribution in [0.15, 0.2) is 21.9 Å². The van der Waals surface area contributed by atoms with Gasteiger partial charge in [-0.15, -0.1) is 0 Å². The summed E-state index contributed by atoms with van der Waals surface area (Å²) in [5, 5.41) is 2.68. The molecule has 0 aromatic rings. The van der Waals surface area contributed by atoms with Crippen molar-refractivity contribution in [3.05, 3.63) is 21.9 Å². The Hall–Kier alpha value is -1.54. The lowest BCUT2D eigenvalue weighted by Crippen LogP contribution is -2.56. The average molecular weight is 341 g/mol. The summed E-state index contributed by atoms with van der Waals surface area (Å²) in [6, 6.07) is 0. The van der Waals surface area contributed by atoms with E-state index in [1.54, 1.807) is 12.5 Å². The smallest absolute Gasteiger partial charge is 0.268 e. The van der Waals surface area contributed by atoms with E-state index in [9.17, 15) is 9.59 Å². The zero-order valence-corrected chi connectivity index (χ0v) is 14.7. The molecule has 1 saturated heterocycles. The van der Waals surface area contributed by atoms with Gasteiger partial charge < -0.3 is 9.64 Å². The van der Waals surface area contributed by atoms with Crippen LogP contribution >= 0.6 is 24.0 Å². The van der Waals surface area contributed by atoms with Crippen molar-refractivity contribution in [1.82, 2.24) is 14.7 Å². The third-order valence-corrected chi connectivity index (χ3v) is 4.94. The number of hydrogen-bond donors (Lipinski definition) is 0. The van der Waals surface area contributed by atoms with Gasteiger partial charge in [0.2, 0.25) is 5.88 Å². The fourth-order valence-corrected chi connectivity index (χ4v) is 3.91. The highest BCUT2D eigenvalue weighted by Crippen LogP contribution is 2.38. The highest BCUT2D eigenvalue weighted by Gasteiger charge is 2.42. The van der Waals surface area contributed by atoms with Crippen molar-refractivity contribution < 1.29 is 14.3 Å². The topological polar surface area (TPSA) is 53.1 Å². The molecule has 2 aliphatic rings. The number of ether oxygens (including phenoxy) is 1. The van der Waals surface area contributed by atoms with Crippen molar-refractivity contribution in [2.24, 2.45) is 0 Å². The van der Waals surface area contributed by atoms with E-state index in [0.717, 1.165) is 0 Å². The highest BCUT2D eigenvalue weighted by molar-refractivity contribution is 8.06. The molecule has 0 radical (unpaired) electrons. The van der Waals surface area contributed by atoms with Gasteiger partial charge in [-0.3, -0.25) is 19.4 Å². The molecule has 0 N–H and O–H groups in total. The fourth-order valence-electron chi connectivity index (χ4n) is 2.41. The Labute approximate surface area is 139 Å². The number of carbonyl (C=O) groups is 2. The number of methoxy groups -OCH3 is 1. The number of thioether (sulfide) groups is 1. The molecule has 0 atom stereocenters. The molecule has 0 unspecified atom stereocenters. The summed E-state index contributed by atoms with van der Waals surface area (Å²) >= 11 is 6.59. The Morgan fingerprint density at radius 3 is 1.95 bits per heavy atom. The first kappa shape index (κ1) is 16.8. The lowest BCUT2D eigenvalue weighted by atomic mass is 10.1. The van der Waals surface area contributed by atoms with Crippen LogP contribution in [-0.4, -0.2) is 58.4 Å². The molecule has 8 heteroatoms. The molecule has 0 saturated carbocycles. The fraction of sp³-hybridized carbons (Fsp3) is 0.500. The van der Waals surface area contributed by atoms with Crippen molar-refractivity contribution in [3.8, 4) is 0 Å². The van der Waals surface area contributed by atoms with Crippen LogP contribution in [0.4, 0.5) is 0 Å². The summed E-state index contributed by atoms with van der Waals surface area (Å²) in [6.07, 6.45) is 0. The maximum atomic E-state index is 12.7. The Balaban J connectivity index is 2.52. The van der Waals surface area contributed by atoms with E-state index in [2.05, 4.69) is 0 Å². The van der Waals surface area contributed by atoms with Gasteiger partial charge in [0, 0.05) is 25.0 Å². The second kappa shape index (κ2) is 6.70. The van der Waals surface area contributed by atoms with Gasteiger partial charge in [-0.1, -0.05) is 11.8 Å². The molecule has 6 nitrogen and oxygen atoms in total. The van der Waals surface area contributed by atoms with Crippen LogP contribution in [0.2, 0.25) is 0 Å². The van der Waals surface area contributed by atoms with Crippen LogP contribution in [0.5, 0.6) is 0 Å². The minimum Gasteiger partial charge on any atom is -0.482 e. The van der Waals surface area contributed by atoms with E-state index in [4.69, 9.17) is 17.0 Å². The molecule has 0 aliphatic carbocycles. The van der Waals surface area contributed by atoms with Gasteiger partial charge >= 0.3 is 0 Å². The van der Waals surface area contributed by atoms with Gasteiger partial charge in [-0.05, 0) is 33.0 Å². The number of thiocarbonyl (C=S) groups is 1. The van der Waals surface area contributed by atoms with Crippen molar-refractivity contribution in [2.75, 3.05) is 26.7 Å². The molecule has 120 valence electrons. The zero-order valence-electron chi connectivity index (χ0n) is 13.1. The van der Waals surface area contributed by atoms with Gasteiger partial charge in [-0.2, -0.15) is 0 Å². The van der Waals surface area contributed by atoms with Crippen LogP contribution in [0.25, 0.3) is 0 Å². The van der Waals surface area contributed by atoms with Gasteiger partial charge in [0.05, 0.1) is 7.11 Å². The van der Waals surface area contributed by atoms with Crippen LogP contribution in [0.3, 0.4) is 0 Å². The van der Waals surface area contributed by atoms with E-state index < -0.39 is 0 Å². The molecule has 2 amide bonds. The van der Waals surface area contributed by atoms with Gasteiger partial charge in [-0.25, -0.2) is 0 Å². The zero-order chi connectivity index (χ0) is 16.4. The predicted octanol–water partition coefficient (Wildman–Crippen LogP) is 1.71. The Morgan fingerprint density at radius 1 is 1.05 bits per heavy atom. The highest BCUT2D eigenvalue weighted by atomic mass is 32.2. The Morgan fingerprint density at radius 2 is 1.55 bits per heavy atom. The van der Waals surface area contributed by atoms with Crippen molar-refractivity contribution in [3.63, 3.8) is 0 Å². The number of likely N-dealkylation sites (N-methyl/N-ethyl adjacent to an activating group) is 2. The van der Waals surface area contributed by atoms with Crippen molar-refractivity contribution >= 4 is 40.9 Å². The predicted molar refractivity (Wildman–Crippen MR) is 89.5 cm³/mol. The Kier molecular flexibility index (Phi) is 5.12. The molecular weight excluding hydrogens is 322 g/mol. The van der Waals surface area contributed by atoms with Crippen LogP contribution in [0, 0.1) is 0 Å². The molecule has 2 aliphatic heterocycles. The molecular formula is C14H19N3O3S2. The molecule has 2 rings (SSSR count). The standard InChI is InChI=1S/C14H19N3O3S2/c1-5-15-9(20-4)8-22-13(15)10-11(18)16(6-2)14(21)17(7-3)12(10)19/h8H,5-7H2,1-4H3. The third kappa shape index (κ3) is 2.50. The minimum atomic E-state index is -0.339. The van der Waals surface area contributed by atoms with E-state index in [0.29, 0.717) is 30.5 Å². The number of nitrogens with zero attached hydrogens (tertiary/aromatic N) is 3. The molecule has 0 bridgehead atoms. The monoisotopic (exact) mass is 341 g/mol. The summed E-state index contributed by atoms with van der Waals surface area (Å²) < 4.78 is 5.29. The van der Waals surface area contributed by atoms with E-state index >= 15 is 0 Å². The van der Waals surface area contributed by atoms with Gasteiger partial charge in [0.25, 0.3) is 11.8 Å². The lowest BCUT2D eigenvalue weighted by molar-refractivity contribution is -0.133. The average Bonchev–Trinajstić information content (AvgIpc) is 2.90. The number of amides is 2. The number of carbonyl (C=O) groups excluding carboxylic acids is 2. The number of hydrogen-bond acceptors (Lipinski definition) is 6. The van der Waals surface area contributed by atoms with Gasteiger partial charge in [0.15, 0.2) is 5.11 Å². The van der Waals surface area contributed by atoms with E-state index in [1.165, 1.54) is 21.6 Å². The summed E-state index contributed by atoms with van der Waals surface area (Å²) in [4.78, 5) is 30.2. The second-order valence-corrected chi connectivity index (χ2v) is 5.81. The van der Waals surface area contributed by atoms with Crippen LogP contribution in [0.1, 0.15) is 20.8 Å². The maximum Gasteiger partial charge on any atom is 0.268 e. The second-order valence-electron chi connectivity index (χ2n) is 4.58. The maximum absolute atomic E-state index is 12.7. The van der Waals surface area contributed by atoms with E-state index in [1.807, 2.05) is 25.7 Å². The minimum absolute atomic E-state index is 0.160. The quantitative estimate of drug-likeness (QED) is 0.441. The summed E-state index contributed by atoms with van der Waals surface area (Å²) in [5.41, 5.74) is 0.160. The van der Waals surface area contributed by atoms with Crippen LogP contribution < -0.4 is 0 Å². The SMILES string of the molecule is CCN1C(=O)C(=C2SC=C(OC)N2CC)C(=O)N(CC)C1=S. The first-order chi connectivity index (χ1) is 10.5. The first-order valence-corrected chi connectivity index (χ1v) is 8.40. The van der Waals surface area contributed by atoms with Crippen molar-refractivity contribution in [2.45, 2.75) is 20.8 Å². The molecule has 22 heavy (non-hydrogen) atoms. The van der Waals surface area contributed by atoms with Crippen molar-refractivity contribution in [1.29, 1.82) is 0 Å². The summed E-state index contributed by atoms with van der Waals surface area (Å²) in [5.74, 6) is -0.0438. The van der Waals surface area contributed by atoms with Crippen LogP contribution in [-0.2, 0) is 14.3 Å². The third-order valence-electron chi connectivity index (χ3n) is 3.53. The lowest BCUT2D eigenvalue weighted by Gasteiger charge is -2.36. The summed E-state index contributed by atoms with van der Waals surface area (Å²) in [7, 11) is 1.57.